The lowest BCUT2D eigenvalue weighted by Gasteiger charge is -2.35. The van der Waals surface area contributed by atoms with E-state index >= 15 is 4.39 Å². The lowest BCUT2D eigenvalue weighted by atomic mass is 10.1. The summed E-state index contributed by atoms with van der Waals surface area (Å²) in [4.78, 5) is 18.2. The van der Waals surface area contributed by atoms with E-state index in [-0.39, 0.29) is 23.7 Å². The Balaban J connectivity index is 1.29. The third kappa shape index (κ3) is 5.38. The van der Waals surface area contributed by atoms with Crippen LogP contribution in [0, 0.1) is 11.7 Å². The number of amidine groups is 1. The van der Waals surface area contributed by atoms with E-state index < -0.39 is 0 Å². The molecule has 0 amide bonds. The number of hydrogen-bond acceptors (Lipinski definition) is 8. The number of allylic oxidation sites excluding steroid dienone is 1. The van der Waals surface area contributed by atoms with Crippen molar-refractivity contribution in [2.45, 2.75) is 32.3 Å². The Labute approximate surface area is 216 Å². The first-order valence-electron chi connectivity index (χ1n) is 13.0. The highest BCUT2D eigenvalue weighted by Gasteiger charge is 2.28. The van der Waals surface area contributed by atoms with E-state index in [1.807, 2.05) is 39.2 Å². The van der Waals surface area contributed by atoms with Gasteiger partial charge in [0.05, 0.1) is 19.3 Å². The van der Waals surface area contributed by atoms with Crippen LogP contribution in [-0.4, -0.2) is 73.7 Å². The van der Waals surface area contributed by atoms with E-state index in [2.05, 4.69) is 36.2 Å². The first-order valence-corrected chi connectivity index (χ1v) is 13.0. The van der Waals surface area contributed by atoms with E-state index in [1.165, 1.54) is 18.4 Å². The van der Waals surface area contributed by atoms with E-state index in [0.717, 1.165) is 36.5 Å². The minimum Gasteiger partial charge on any atom is -0.421 e. The van der Waals surface area contributed by atoms with Crippen molar-refractivity contribution in [1.29, 1.82) is 0 Å². The Morgan fingerprint density at radius 1 is 1.22 bits per heavy atom. The Kier molecular flexibility index (Phi) is 6.42. The molecule has 9 heteroatoms. The van der Waals surface area contributed by atoms with Gasteiger partial charge in [0, 0.05) is 31.3 Å². The van der Waals surface area contributed by atoms with Crippen LogP contribution in [0.5, 0.6) is 11.8 Å². The molecular weight excluding hydrogens is 471 g/mol. The molecule has 8 nitrogen and oxygen atoms in total. The van der Waals surface area contributed by atoms with Gasteiger partial charge in [-0.2, -0.15) is 9.97 Å². The number of fused-ring (bicyclic) bond motifs is 1. The number of anilines is 2. The molecule has 37 heavy (non-hydrogen) atoms. The van der Waals surface area contributed by atoms with Crippen molar-refractivity contribution in [2.75, 3.05) is 57.1 Å². The summed E-state index contributed by atoms with van der Waals surface area (Å²) in [6.45, 7) is 5.55. The number of aliphatic imine (C=N–C) groups is 1. The van der Waals surface area contributed by atoms with Crippen LogP contribution >= 0.6 is 0 Å². The standard InChI is InChI=1S/C28H33FN6O2/c1-17-10-19-6-7-23(27(29)22(19)11-17)37-28-32-25(31-24-12-20(14-30-24)18-4-5-18)13-26(33-28)35-8-9-36-21(16-35)15-34(2)3/h6-7,11-13,18,21H,4-5,8-10,14-16H2,1-3H3,(H,30,31,32,33). The molecule has 1 saturated heterocycles. The zero-order valence-electron chi connectivity index (χ0n) is 21.6. The fraction of sp³-hybridized carbons (Fsp3) is 0.464. The Bertz CT molecular complexity index is 1300. The van der Waals surface area contributed by atoms with Gasteiger partial charge in [0.2, 0.25) is 0 Å². The molecule has 4 aliphatic rings. The summed E-state index contributed by atoms with van der Waals surface area (Å²) >= 11 is 0. The molecule has 2 aliphatic heterocycles. The normalized spacial score (nSPS) is 21.1. The molecule has 6 rings (SSSR count). The predicted molar refractivity (Wildman–Crippen MR) is 143 cm³/mol. The fourth-order valence-electron chi connectivity index (χ4n) is 5.18. The van der Waals surface area contributed by atoms with Crippen LogP contribution in [0.15, 0.2) is 40.4 Å². The lowest BCUT2D eigenvalue weighted by Crippen LogP contribution is -2.46. The van der Waals surface area contributed by atoms with Gasteiger partial charge >= 0.3 is 6.01 Å². The Hall–Kier alpha value is -3.30. The molecule has 3 heterocycles. The van der Waals surface area contributed by atoms with Crippen molar-refractivity contribution in [1.82, 2.24) is 14.9 Å². The van der Waals surface area contributed by atoms with Crippen molar-refractivity contribution in [3.63, 3.8) is 0 Å². The van der Waals surface area contributed by atoms with Crippen LogP contribution in [0.4, 0.5) is 16.0 Å². The number of hydrogen-bond donors (Lipinski definition) is 1. The molecule has 1 unspecified atom stereocenters. The van der Waals surface area contributed by atoms with Gasteiger partial charge in [0.25, 0.3) is 0 Å². The second kappa shape index (κ2) is 9.87. The summed E-state index contributed by atoms with van der Waals surface area (Å²) in [6, 6.07) is 5.58. The molecule has 2 aliphatic carbocycles. The smallest absolute Gasteiger partial charge is 0.326 e. The molecule has 2 fully saturated rings. The average Bonchev–Trinajstić information content (AvgIpc) is 3.49. The zero-order chi connectivity index (χ0) is 25.5. The van der Waals surface area contributed by atoms with Crippen LogP contribution < -0.4 is 15.0 Å². The van der Waals surface area contributed by atoms with Crippen molar-refractivity contribution in [2.24, 2.45) is 10.9 Å². The molecule has 1 aromatic carbocycles. The van der Waals surface area contributed by atoms with Gasteiger partial charge in [-0.1, -0.05) is 17.7 Å². The molecule has 194 valence electrons. The van der Waals surface area contributed by atoms with Crippen molar-refractivity contribution in [3.05, 3.63) is 52.4 Å². The molecule has 2 aromatic rings. The van der Waals surface area contributed by atoms with Gasteiger partial charge < -0.3 is 24.6 Å². The lowest BCUT2D eigenvalue weighted by molar-refractivity contribution is 0.0245. The maximum atomic E-state index is 15.3. The fourth-order valence-corrected chi connectivity index (χ4v) is 5.18. The summed E-state index contributed by atoms with van der Waals surface area (Å²) in [7, 11) is 4.07. The summed E-state index contributed by atoms with van der Waals surface area (Å²) in [5.74, 6) is 2.48. The first-order chi connectivity index (χ1) is 17.9. The van der Waals surface area contributed by atoms with Crippen LogP contribution in [0.25, 0.3) is 6.08 Å². The number of morpholine rings is 1. The minimum absolute atomic E-state index is 0.0620. The zero-order valence-corrected chi connectivity index (χ0v) is 21.6. The number of aromatic nitrogens is 2. The van der Waals surface area contributed by atoms with Crippen LogP contribution in [0.1, 0.15) is 30.9 Å². The van der Waals surface area contributed by atoms with Crippen molar-refractivity contribution in [3.8, 4) is 11.8 Å². The molecule has 1 saturated carbocycles. The highest BCUT2D eigenvalue weighted by atomic mass is 19.1. The van der Waals surface area contributed by atoms with Gasteiger partial charge in [-0.3, -0.25) is 4.99 Å². The molecule has 0 spiro atoms. The number of nitrogens with one attached hydrogen (secondary N) is 1. The third-order valence-electron chi connectivity index (χ3n) is 7.13. The van der Waals surface area contributed by atoms with Crippen LogP contribution in [0.3, 0.4) is 0 Å². The molecule has 1 aromatic heterocycles. The van der Waals surface area contributed by atoms with Crippen LogP contribution in [-0.2, 0) is 11.2 Å². The number of rotatable bonds is 7. The molecule has 0 bridgehead atoms. The van der Waals surface area contributed by atoms with Gasteiger partial charge in [-0.15, -0.1) is 0 Å². The summed E-state index contributed by atoms with van der Waals surface area (Å²) in [5.41, 5.74) is 4.06. The highest BCUT2D eigenvalue weighted by molar-refractivity contribution is 6.05. The highest BCUT2D eigenvalue weighted by Crippen LogP contribution is 2.38. The Morgan fingerprint density at radius 2 is 2.08 bits per heavy atom. The number of nitrogens with zero attached hydrogens (tertiary/aromatic N) is 5. The largest absolute Gasteiger partial charge is 0.421 e. The van der Waals surface area contributed by atoms with Gasteiger partial charge in [-0.05, 0) is 69.5 Å². The third-order valence-corrected chi connectivity index (χ3v) is 7.13. The SMILES string of the molecule is CC1=Cc2c(ccc(Oc3nc(NC4=NCC(C5CC5)=C4)cc(N4CCOC(CN(C)C)C4)n3)c2F)C1. The van der Waals surface area contributed by atoms with Crippen molar-refractivity contribution >= 4 is 23.5 Å². The summed E-state index contributed by atoms with van der Waals surface area (Å²) in [6.07, 6.45) is 7.31. The maximum Gasteiger partial charge on any atom is 0.326 e. The topological polar surface area (TPSA) is 75.1 Å². The minimum atomic E-state index is -0.382. The first kappa shape index (κ1) is 24.1. The van der Waals surface area contributed by atoms with E-state index in [1.54, 1.807) is 6.07 Å². The number of benzene rings is 1. The summed E-state index contributed by atoms with van der Waals surface area (Å²) < 4.78 is 27.2. The monoisotopic (exact) mass is 504 g/mol. The second-order valence-corrected chi connectivity index (χ2v) is 10.6. The second-order valence-electron chi connectivity index (χ2n) is 10.6. The van der Waals surface area contributed by atoms with E-state index in [0.29, 0.717) is 42.8 Å². The average molecular weight is 505 g/mol. The quantitative estimate of drug-likeness (QED) is 0.603. The predicted octanol–water partition coefficient (Wildman–Crippen LogP) is 4.29. The summed E-state index contributed by atoms with van der Waals surface area (Å²) in [5, 5.41) is 3.34. The van der Waals surface area contributed by atoms with E-state index in [4.69, 9.17) is 9.47 Å². The van der Waals surface area contributed by atoms with Crippen LogP contribution in [0.2, 0.25) is 0 Å². The Morgan fingerprint density at radius 3 is 2.89 bits per heavy atom. The van der Waals surface area contributed by atoms with Gasteiger partial charge in [-0.25, -0.2) is 4.39 Å². The maximum absolute atomic E-state index is 15.3. The van der Waals surface area contributed by atoms with Gasteiger partial charge in [0.1, 0.15) is 17.5 Å². The molecule has 0 radical (unpaired) electrons. The molecular formula is C28H33FN6O2. The van der Waals surface area contributed by atoms with E-state index in [9.17, 15) is 0 Å². The molecule has 1 N–H and O–H groups in total. The number of halogens is 1. The van der Waals surface area contributed by atoms with Gasteiger partial charge in [0.15, 0.2) is 11.6 Å². The molecule has 1 atom stereocenters. The number of likely N-dealkylation sites (N-methyl/N-ethyl adjacent to an activating group) is 1. The van der Waals surface area contributed by atoms with Crippen molar-refractivity contribution < 1.29 is 13.9 Å². The number of ether oxygens (including phenoxy) is 2.